The molecule has 0 radical (unpaired) electrons. The maximum Gasteiger partial charge on any atom is 0.253 e. The Morgan fingerprint density at radius 3 is 2.56 bits per heavy atom. The number of anilines is 1. The van der Waals surface area contributed by atoms with Crippen LogP contribution in [0.3, 0.4) is 0 Å². The first-order chi connectivity index (χ1) is 13.0. The van der Waals surface area contributed by atoms with Crippen LogP contribution in [-0.2, 0) is 6.54 Å². The van der Waals surface area contributed by atoms with Gasteiger partial charge in [-0.25, -0.2) is 0 Å². The van der Waals surface area contributed by atoms with Gasteiger partial charge in [-0.1, -0.05) is 22.0 Å². The third kappa shape index (κ3) is 5.38. The molecule has 0 aliphatic carbocycles. The Morgan fingerprint density at radius 1 is 1.19 bits per heavy atom. The SMILES string of the molecule is COc1ccc(CNC(=O)c2cc(C#N)ccc2NC(C)CBr)cc1OC. The number of halogens is 1. The van der Waals surface area contributed by atoms with Crippen molar-refractivity contribution in [1.82, 2.24) is 5.32 Å². The normalized spacial score (nSPS) is 11.2. The average Bonchev–Trinajstić information content (AvgIpc) is 2.71. The van der Waals surface area contributed by atoms with Gasteiger partial charge in [0.05, 0.1) is 31.4 Å². The summed E-state index contributed by atoms with van der Waals surface area (Å²) in [6.07, 6.45) is 0. The topological polar surface area (TPSA) is 83.4 Å². The smallest absolute Gasteiger partial charge is 0.253 e. The third-order valence-corrected chi connectivity index (χ3v) is 4.90. The Hall–Kier alpha value is -2.72. The fourth-order valence-corrected chi connectivity index (χ4v) is 2.66. The maximum absolute atomic E-state index is 12.7. The molecule has 1 atom stereocenters. The quantitative estimate of drug-likeness (QED) is 0.622. The summed E-state index contributed by atoms with van der Waals surface area (Å²) in [5, 5.41) is 16.0. The predicted octanol–water partition coefficient (Wildman–Crippen LogP) is 3.70. The van der Waals surface area contributed by atoms with Crippen LogP contribution in [0.15, 0.2) is 36.4 Å². The second kappa shape index (κ2) is 9.83. The molecule has 0 bridgehead atoms. The van der Waals surface area contributed by atoms with Crippen LogP contribution < -0.4 is 20.1 Å². The van der Waals surface area contributed by atoms with E-state index in [1.54, 1.807) is 38.5 Å². The molecule has 0 aromatic heterocycles. The van der Waals surface area contributed by atoms with E-state index >= 15 is 0 Å². The van der Waals surface area contributed by atoms with Gasteiger partial charge in [-0.2, -0.15) is 5.26 Å². The summed E-state index contributed by atoms with van der Waals surface area (Å²) in [7, 11) is 3.14. The molecule has 2 rings (SSSR count). The second-order valence-electron chi connectivity index (χ2n) is 5.94. The number of hydrogen-bond donors (Lipinski definition) is 2. The number of benzene rings is 2. The zero-order chi connectivity index (χ0) is 19.8. The van der Waals surface area contributed by atoms with Gasteiger partial charge in [0.15, 0.2) is 11.5 Å². The lowest BCUT2D eigenvalue weighted by Crippen LogP contribution is -2.26. The fraction of sp³-hybridized carbons (Fsp3) is 0.300. The number of nitriles is 1. The standard InChI is InChI=1S/C20H22BrN3O3/c1-13(10-21)24-17-6-4-14(11-22)8-16(17)20(25)23-12-15-5-7-18(26-2)19(9-15)27-3/h4-9,13,24H,10,12H2,1-3H3,(H,23,25). The molecule has 2 aromatic rings. The minimum absolute atomic E-state index is 0.135. The van der Waals surface area contributed by atoms with Crippen molar-refractivity contribution >= 4 is 27.5 Å². The van der Waals surface area contributed by atoms with Crippen LogP contribution >= 0.6 is 15.9 Å². The second-order valence-corrected chi connectivity index (χ2v) is 6.59. The van der Waals surface area contributed by atoms with Crippen molar-refractivity contribution in [2.75, 3.05) is 24.9 Å². The minimum atomic E-state index is -0.258. The van der Waals surface area contributed by atoms with Crippen molar-refractivity contribution in [3.8, 4) is 17.6 Å². The maximum atomic E-state index is 12.7. The molecule has 7 heteroatoms. The lowest BCUT2D eigenvalue weighted by Gasteiger charge is -2.16. The molecule has 0 saturated heterocycles. The van der Waals surface area contributed by atoms with E-state index in [0.717, 1.165) is 10.9 Å². The number of nitrogens with one attached hydrogen (secondary N) is 2. The highest BCUT2D eigenvalue weighted by Gasteiger charge is 2.14. The number of rotatable bonds is 8. The van der Waals surface area contributed by atoms with Crippen LogP contribution in [0.2, 0.25) is 0 Å². The lowest BCUT2D eigenvalue weighted by atomic mass is 10.1. The number of hydrogen-bond acceptors (Lipinski definition) is 5. The first-order valence-corrected chi connectivity index (χ1v) is 9.50. The van der Waals surface area contributed by atoms with Crippen molar-refractivity contribution in [1.29, 1.82) is 5.26 Å². The van der Waals surface area contributed by atoms with Crippen molar-refractivity contribution in [2.24, 2.45) is 0 Å². The molecule has 6 nitrogen and oxygen atoms in total. The summed E-state index contributed by atoms with van der Waals surface area (Å²) in [6, 6.07) is 12.7. The number of carbonyl (C=O) groups is 1. The molecule has 142 valence electrons. The molecular weight excluding hydrogens is 410 g/mol. The van der Waals surface area contributed by atoms with Crippen LogP contribution in [0.5, 0.6) is 11.5 Å². The number of nitrogens with zero attached hydrogens (tertiary/aromatic N) is 1. The van der Waals surface area contributed by atoms with E-state index < -0.39 is 0 Å². The van der Waals surface area contributed by atoms with Crippen LogP contribution in [0.1, 0.15) is 28.4 Å². The monoisotopic (exact) mass is 431 g/mol. The molecule has 2 aromatic carbocycles. The number of amides is 1. The zero-order valence-corrected chi connectivity index (χ0v) is 17.1. The molecule has 0 spiro atoms. The molecular formula is C20H22BrN3O3. The summed E-state index contributed by atoms with van der Waals surface area (Å²) in [5.41, 5.74) is 2.43. The Kier molecular flexibility index (Phi) is 7.50. The van der Waals surface area contributed by atoms with Gasteiger partial charge in [-0.15, -0.1) is 0 Å². The predicted molar refractivity (Wildman–Crippen MR) is 109 cm³/mol. The van der Waals surface area contributed by atoms with Crippen LogP contribution in [0.25, 0.3) is 0 Å². The van der Waals surface area contributed by atoms with Gasteiger partial charge in [-0.05, 0) is 42.8 Å². The molecule has 0 aliphatic rings. The van der Waals surface area contributed by atoms with E-state index in [0.29, 0.717) is 34.9 Å². The highest BCUT2D eigenvalue weighted by atomic mass is 79.9. The Bertz CT molecular complexity index is 849. The summed E-state index contributed by atoms with van der Waals surface area (Å²) in [6.45, 7) is 2.32. The van der Waals surface area contributed by atoms with Crippen molar-refractivity contribution in [2.45, 2.75) is 19.5 Å². The van der Waals surface area contributed by atoms with Gasteiger partial charge >= 0.3 is 0 Å². The Morgan fingerprint density at radius 2 is 1.93 bits per heavy atom. The summed E-state index contributed by atoms with van der Waals surface area (Å²) < 4.78 is 10.5. The van der Waals surface area contributed by atoms with Gasteiger partial charge in [-0.3, -0.25) is 4.79 Å². The first kappa shape index (κ1) is 20.6. The average molecular weight is 432 g/mol. The Labute approximate surface area is 167 Å². The van der Waals surface area contributed by atoms with E-state index in [1.165, 1.54) is 0 Å². The van der Waals surface area contributed by atoms with Gasteiger partial charge in [0.25, 0.3) is 5.91 Å². The summed E-state index contributed by atoms with van der Waals surface area (Å²) >= 11 is 3.41. The highest BCUT2D eigenvalue weighted by molar-refractivity contribution is 9.09. The van der Waals surface area contributed by atoms with Gasteiger partial charge in [0.1, 0.15) is 0 Å². The van der Waals surface area contributed by atoms with E-state index in [9.17, 15) is 4.79 Å². The van der Waals surface area contributed by atoms with Gasteiger partial charge < -0.3 is 20.1 Å². The molecule has 0 aliphatic heterocycles. The van der Waals surface area contributed by atoms with E-state index in [4.69, 9.17) is 14.7 Å². The molecule has 2 N–H and O–H groups in total. The van der Waals surface area contributed by atoms with Crippen molar-refractivity contribution in [3.05, 3.63) is 53.1 Å². The molecule has 1 amide bonds. The molecule has 0 fully saturated rings. The molecule has 0 saturated carbocycles. The number of alkyl halides is 1. The summed E-state index contributed by atoms with van der Waals surface area (Å²) in [5.74, 6) is 0.972. The highest BCUT2D eigenvalue weighted by Crippen LogP contribution is 2.27. The van der Waals surface area contributed by atoms with E-state index in [1.807, 2.05) is 19.1 Å². The minimum Gasteiger partial charge on any atom is -0.493 e. The van der Waals surface area contributed by atoms with Gasteiger partial charge in [0.2, 0.25) is 0 Å². The fourth-order valence-electron chi connectivity index (χ4n) is 2.50. The lowest BCUT2D eigenvalue weighted by molar-refractivity contribution is 0.0951. The molecule has 1 unspecified atom stereocenters. The van der Waals surface area contributed by atoms with Gasteiger partial charge in [0, 0.05) is 23.6 Å². The number of methoxy groups -OCH3 is 2. The zero-order valence-electron chi connectivity index (χ0n) is 15.5. The van der Waals surface area contributed by atoms with Crippen LogP contribution in [-0.4, -0.2) is 31.5 Å². The number of ether oxygens (including phenoxy) is 2. The van der Waals surface area contributed by atoms with Crippen LogP contribution in [0, 0.1) is 11.3 Å². The van der Waals surface area contributed by atoms with Crippen molar-refractivity contribution in [3.63, 3.8) is 0 Å². The van der Waals surface area contributed by atoms with Crippen LogP contribution in [0.4, 0.5) is 5.69 Å². The number of carbonyl (C=O) groups excluding carboxylic acids is 1. The van der Waals surface area contributed by atoms with Crippen molar-refractivity contribution < 1.29 is 14.3 Å². The van der Waals surface area contributed by atoms with E-state index in [-0.39, 0.29) is 11.9 Å². The molecule has 0 heterocycles. The third-order valence-electron chi connectivity index (χ3n) is 3.93. The summed E-state index contributed by atoms with van der Waals surface area (Å²) in [4.78, 5) is 12.7. The first-order valence-electron chi connectivity index (χ1n) is 8.38. The Balaban J connectivity index is 2.18. The largest absolute Gasteiger partial charge is 0.493 e. The van der Waals surface area contributed by atoms with E-state index in [2.05, 4.69) is 32.6 Å². The molecule has 27 heavy (non-hydrogen) atoms.